The fourth-order valence-electron chi connectivity index (χ4n) is 4.59. The third-order valence-electron chi connectivity index (χ3n) is 6.24. The second-order valence-electron chi connectivity index (χ2n) is 9.97. The molecule has 1 saturated carbocycles. The molecule has 1 unspecified atom stereocenters. The molecule has 0 spiro atoms. The summed E-state index contributed by atoms with van der Waals surface area (Å²) in [7, 11) is 1.62. The number of aromatic nitrogens is 1. The summed E-state index contributed by atoms with van der Waals surface area (Å²) in [6, 6.07) is 9.24. The number of pyridine rings is 1. The van der Waals surface area contributed by atoms with Crippen LogP contribution in [0.2, 0.25) is 0 Å². The van der Waals surface area contributed by atoms with E-state index < -0.39 is 29.0 Å². The lowest BCUT2D eigenvalue weighted by molar-refractivity contribution is 0.0563. The molecule has 2 aliphatic rings. The number of halogens is 1. The molecule has 2 heterocycles. The Hall–Kier alpha value is -3.49. The van der Waals surface area contributed by atoms with Gasteiger partial charge in [0.2, 0.25) is 0 Å². The minimum atomic E-state index is -0.992. The Bertz CT molecular complexity index is 1270. The number of ether oxygens (including phenoxy) is 2. The normalized spacial score (nSPS) is 22.9. The Morgan fingerprint density at radius 1 is 1.24 bits per heavy atom. The van der Waals surface area contributed by atoms with E-state index in [4.69, 9.17) is 19.7 Å². The lowest BCUT2D eigenvalue weighted by atomic mass is 9.81. The van der Waals surface area contributed by atoms with Gasteiger partial charge in [0, 0.05) is 42.6 Å². The summed E-state index contributed by atoms with van der Waals surface area (Å²) < 4.78 is 26.4. The molecule has 9 nitrogen and oxygen atoms in total. The molecule has 11 heteroatoms. The summed E-state index contributed by atoms with van der Waals surface area (Å²) >= 11 is 1.38. The van der Waals surface area contributed by atoms with Crippen LogP contribution < -0.4 is 10.6 Å². The fraction of sp³-hybridized carbons (Fsp3) is 0.423. The largest absolute Gasteiger partial charge is 0.444 e. The molecule has 4 rings (SSSR count). The Kier molecular flexibility index (Phi) is 7.52. The van der Waals surface area contributed by atoms with Gasteiger partial charge >= 0.3 is 6.09 Å². The van der Waals surface area contributed by atoms with Crippen LogP contribution in [-0.4, -0.2) is 46.7 Å². The molecule has 0 radical (unpaired) electrons. The third kappa shape index (κ3) is 5.92. The van der Waals surface area contributed by atoms with Crippen LogP contribution in [0.1, 0.15) is 55.2 Å². The van der Waals surface area contributed by atoms with Gasteiger partial charge in [-0.25, -0.2) is 14.2 Å². The molecule has 194 valence electrons. The van der Waals surface area contributed by atoms with Crippen molar-refractivity contribution < 1.29 is 23.5 Å². The lowest BCUT2D eigenvalue weighted by Gasteiger charge is -2.36. The highest BCUT2D eigenvalue weighted by Crippen LogP contribution is 2.52. The number of rotatable bonds is 4. The molecule has 2 aromatic rings. The summed E-state index contributed by atoms with van der Waals surface area (Å²) in [5.74, 6) is -0.414. The van der Waals surface area contributed by atoms with Gasteiger partial charge in [-0.15, -0.1) is 0 Å². The number of hydrogen-bond acceptors (Lipinski definition) is 8. The number of thioether (sulfide) groups is 1. The molecule has 2 N–H and O–H groups in total. The molecule has 1 aliphatic carbocycles. The predicted molar refractivity (Wildman–Crippen MR) is 138 cm³/mol. The van der Waals surface area contributed by atoms with E-state index in [9.17, 15) is 9.59 Å². The van der Waals surface area contributed by atoms with Crippen molar-refractivity contribution in [2.24, 2.45) is 10.9 Å². The van der Waals surface area contributed by atoms with Crippen molar-refractivity contribution in [1.82, 2.24) is 10.3 Å². The number of carbonyl (C=O) groups excluding carboxylic acids is 2. The number of amidine groups is 1. The van der Waals surface area contributed by atoms with Crippen molar-refractivity contribution in [3.8, 4) is 6.07 Å². The number of alkyl carbamates (subject to hydrolysis) is 1. The van der Waals surface area contributed by atoms with E-state index in [1.807, 2.05) is 6.07 Å². The zero-order valence-electron chi connectivity index (χ0n) is 21.0. The van der Waals surface area contributed by atoms with Gasteiger partial charge in [-0.2, -0.15) is 5.26 Å². The number of hydrogen-bond donors (Lipinski definition) is 2. The van der Waals surface area contributed by atoms with Crippen molar-refractivity contribution in [1.29, 1.82) is 5.26 Å². The van der Waals surface area contributed by atoms with Gasteiger partial charge in [0.25, 0.3) is 5.91 Å². The summed E-state index contributed by atoms with van der Waals surface area (Å²) in [5.41, 5.74) is -0.529. The summed E-state index contributed by atoms with van der Waals surface area (Å²) in [6.07, 6.45) is 1.63. The van der Waals surface area contributed by atoms with Crippen molar-refractivity contribution >= 4 is 34.6 Å². The van der Waals surface area contributed by atoms with E-state index >= 15 is 4.39 Å². The van der Waals surface area contributed by atoms with Crippen LogP contribution in [0, 0.1) is 23.1 Å². The van der Waals surface area contributed by atoms with E-state index in [0.29, 0.717) is 40.6 Å². The molecule has 0 saturated heterocycles. The summed E-state index contributed by atoms with van der Waals surface area (Å²) in [6.45, 7) is 5.30. The predicted octanol–water partition coefficient (Wildman–Crippen LogP) is 4.59. The van der Waals surface area contributed by atoms with Crippen molar-refractivity contribution in [2.45, 2.75) is 50.9 Å². The minimum Gasteiger partial charge on any atom is -0.444 e. The van der Waals surface area contributed by atoms with Gasteiger partial charge in [0.15, 0.2) is 5.17 Å². The zero-order valence-corrected chi connectivity index (χ0v) is 21.8. The van der Waals surface area contributed by atoms with Crippen LogP contribution in [0.15, 0.2) is 41.5 Å². The number of nitrogens with zero attached hydrogens (tertiary/aromatic N) is 3. The standard InChI is InChI=1S/C26H28FN5O4S/c1-25(2,3)36-24(34)31-23-32-26(11-18(35-4)9-16(26)14-37-23)19-10-17(6-7-20(19)27)30-22(33)21-8-5-15(12-28)13-29-21/h5-8,10,13,16,18H,9,11,14H2,1-4H3,(H,30,33)(H,31,32,34)/t16?,18-,26+/m1/s1. The van der Waals surface area contributed by atoms with Crippen molar-refractivity contribution in [3.05, 3.63) is 59.2 Å². The lowest BCUT2D eigenvalue weighted by Crippen LogP contribution is -2.42. The van der Waals surface area contributed by atoms with Crippen LogP contribution in [-0.2, 0) is 15.0 Å². The van der Waals surface area contributed by atoms with E-state index in [1.165, 1.54) is 42.2 Å². The maximum absolute atomic E-state index is 15.4. The molecule has 2 amide bonds. The number of aliphatic imine (C=N–C) groups is 1. The van der Waals surface area contributed by atoms with Crippen molar-refractivity contribution in [2.75, 3.05) is 18.2 Å². The van der Waals surface area contributed by atoms with Crippen LogP contribution in [0.25, 0.3) is 0 Å². The van der Waals surface area contributed by atoms with E-state index in [0.717, 1.165) is 0 Å². The number of nitrogens with one attached hydrogen (secondary N) is 2. The summed E-state index contributed by atoms with van der Waals surface area (Å²) in [5, 5.41) is 14.7. The first kappa shape index (κ1) is 26.6. The Labute approximate surface area is 218 Å². The number of benzene rings is 1. The first-order valence-corrected chi connectivity index (χ1v) is 12.7. The Morgan fingerprint density at radius 2 is 2.03 bits per heavy atom. The van der Waals surface area contributed by atoms with Crippen LogP contribution >= 0.6 is 11.8 Å². The number of amides is 2. The van der Waals surface area contributed by atoms with Crippen LogP contribution in [0.4, 0.5) is 14.9 Å². The first-order valence-electron chi connectivity index (χ1n) is 11.8. The Morgan fingerprint density at radius 3 is 2.68 bits per heavy atom. The molecule has 1 fully saturated rings. The van der Waals surface area contributed by atoms with E-state index in [-0.39, 0.29) is 17.7 Å². The molecular formula is C26H28FN5O4S. The van der Waals surface area contributed by atoms with Crippen LogP contribution in [0.5, 0.6) is 0 Å². The average Bonchev–Trinajstić information content (AvgIpc) is 3.23. The Balaban J connectivity index is 1.66. The summed E-state index contributed by atoms with van der Waals surface area (Å²) in [4.78, 5) is 34.0. The quantitative estimate of drug-likeness (QED) is 0.598. The smallest absolute Gasteiger partial charge is 0.413 e. The highest BCUT2D eigenvalue weighted by atomic mass is 32.2. The number of methoxy groups -OCH3 is 1. The third-order valence-corrected chi connectivity index (χ3v) is 7.28. The average molecular weight is 526 g/mol. The molecule has 37 heavy (non-hydrogen) atoms. The first-order chi connectivity index (χ1) is 17.5. The van der Waals surface area contributed by atoms with Gasteiger partial charge in [-0.05, 0) is 57.5 Å². The number of fused-ring (bicyclic) bond motifs is 1. The zero-order chi connectivity index (χ0) is 26.8. The molecule has 3 atom stereocenters. The van der Waals surface area contributed by atoms with Crippen molar-refractivity contribution in [3.63, 3.8) is 0 Å². The molecule has 1 aromatic carbocycles. The molecule has 1 aliphatic heterocycles. The maximum Gasteiger partial charge on any atom is 0.413 e. The van der Waals surface area contributed by atoms with E-state index in [1.54, 1.807) is 33.9 Å². The van der Waals surface area contributed by atoms with Gasteiger partial charge in [0.1, 0.15) is 23.2 Å². The van der Waals surface area contributed by atoms with Gasteiger partial charge < -0.3 is 14.8 Å². The van der Waals surface area contributed by atoms with Crippen LogP contribution in [0.3, 0.4) is 0 Å². The number of carbonyl (C=O) groups is 2. The highest BCUT2D eigenvalue weighted by molar-refractivity contribution is 8.13. The highest BCUT2D eigenvalue weighted by Gasteiger charge is 2.52. The molecular weight excluding hydrogens is 497 g/mol. The SMILES string of the molecule is CO[C@@H]1CC2CSC(NC(=O)OC(C)(C)C)=N[C@@]2(c2cc(NC(=O)c3ccc(C#N)cn3)ccc2F)C1. The van der Waals surface area contributed by atoms with Gasteiger partial charge in [0.05, 0.1) is 17.2 Å². The molecule has 0 bridgehead atoms. The second-order valence-corrected chi connectivity index (χ2v) is 11.0. The monoisotopic (exact) mass is 525 g/mol. The molecule has 1 aromatic heterocycles. The minimum absolute atomic E-state index is 0.0488. The van der Waals surface area contributed by atoms with Gasteiger partial charge in [-0.3, -0.25) is 15.1 Å². The fourth-order valence-corrected chi connectivity index (χ4v) is 5.75. The van der Waals surface area contributed by atoms with E-state index in [2.05, 4.69) is 15.6 Å². The maximum atomic E-state index is 15.4. The second kappa shape index (κ2) is 10.5. The number of anilines is 1. The number of nitriles is 1. The topological polar surface area (TPSA) is 126 Å². The van der Waals surface area contributed by atoms with Gasteiger partial charge in [-0.1, -0.05) is 11.8 Å².